The summed E-state index contributed by atoms with van der Waals surface area (Å²) in [5.74, 6) is 0.311. The molecule has 0 atom stereocenters. The number of alkyl halides is 3. The monoisotopic (exact) mass is 464 g/mol. The van der Waals surface area contributed by atoms with Crippen LogP contribution in [0.15, 0.2) is 17.2 Å². The summed E-state index contributed by atoms with van der Waals surface area (Å²) in [4.78, 5) is 35.7. The van der Waals surface area contributed by atoms with E-state index >= 15 is 0 Å². The Kier molecular flexibility index (Phi) is 6.94. The lowest BCUT2D eigenvalue weighted by Gasteiger charge is -2.34. The molecule has 0 spiro atoms. The number of aryl methyl sites for hydroxylation is 1. The second-order valence-corrected chi connectivity index (χ2v) is 8.51. The van der Waals surface area contributed by atoms with Crippen LogP contribution in [0, 0.1) is 0 Å². The number of fused-ring (bicyclic) bond motifs is 1. The van der Waals surface area contributed by atoms with Gasteiger partial charge in [-0.25, -0.2) is 15.1 Å². The fourth-order valence-corrected chi connectivity index (χ4v) is 4.45. The van der Waals surface area contributed by atoms with Crippen molar-refractivity contribution >= 4 is 11.9 Å². The molecule has 0 bridgehead atoms. The Morgan fingerprint density at radius 1 is 1.00 bits per heavy atom. The molecule has 1 saturated heterocycles. The van der Waals surface area contributed by atoms with Gasteiger partial charge in [0.2, 0.25) is 11.9 Å². The smallest absolute Gasteiger partial charge is 0.339 e. The van der Waals surface area contributed by atoms with E-state index in [1.165, 1.54) is 0 Å². The Morgan fingerprint density at radius 2 is 1.67 bits per heavy atom. The molecule has 0 aromatic carbocycles. The molecule has 1 N–H and O–H groups in total. The molecule has 1 aliphatic carbocycles. The lowest BCUT2D eigenvalue weighted by Crippen LogP contribution is -2.49. The molecular weight excluding hydrogens is 437 g/mol. The maximum Gasteiger partial charge on any atom is 0.419 e. The van der Waals surface area contributed by atoms with E-state index in [2.05, 4.69) is 20.2 Å². The summed E-state index contributed by atoms with van der Waals surface area (Å²) in [6.07, 6.45) is 3.65. The molecule has 2 aromatic rings. The van der Waals surface area contributed by atoms with Crippen molar-refractivity contribution in [2.24, 2.45) is 0 Å². The van der Waals surface area contributed by atoms with Gasteiger partial charge in [-0.3, -0.25) is 9.59 Å². The Morgan fingerprint density at radius 3 is 2.33 bits per heavy atom. The number of anilines is 1. The van der Waals surface area contributed by atoms with Gasteiger partial charge in [0.25, 0.3) is 5.56 Å². The average Bonchev–Trinajstić information content (AvgIpc) is 2.83. The summed E-state index contributed by atoms with van der Waals surface area (Å²) in [5, 5.41) is 6.85. The van der Waals surface area contributed by atoms with Gasteiger partial charge in [-0.15, -0.1) is 0 Å². The number of unbranched alkanes of at least 4 members (excludes halogenated alkanes) is 1. The molecule has 1 fully saturated rings. The third-order valence-electron chi connectivity index (χ3n) is 6.32. The number of nitrogens with one attached hydrogen (secondary N) is 1. The number of halogens is 3. The van der Waals surface area contributed by atoms with E-state index in [1.807, 2.05) is 0 Å². The van der Waals surface area contributed by atoms with E-state index in [0.29, 0.717) is 32.6 Å². The van der Waals surface area contributed by atoms with E-state index in [9.17, 15) is 22.8 Å². The fraction of sp³-hybridized carbons (Fsp3) is 0.591. The van der Waals surface area contributed by atoms with Gasteiger partial charge >= 0.3 is 6.18 Å². The van der Waals surface area contributed by atoms with Crippen molar-refractivity contribution in [2.45, 2.75) is 57.5 Å². The van der Waals surface area contributed by atoms with Crippen LogP contribution in [0.3, 0.4) is 0 Å². The van der Waals surface area contributed by atoms with Crippen LogP contribution in [0.2, 0.25) is 0 Å². The standard InChI is InChI=1S/C22H27F3N6O2/c23-22(24,25)15-13-26-21(27-14-15)31-11-9-30(10-12-31)19(32)8-4-3-7-18-16-5-1-2-6-17(16)20(33)29-28-18/h13-14H,1-12H2,(H,29,33). The van der Waals surface area contributed by atoms with Crippen molar-refractivity contribution in [1.29, 1.82) is 0 Å². The van der Waals surface area contributed by atoms with Crippen molar-refractivity contribution in [3.05, 3.63) is 45.1 Å². The van der Waals surface area contributed by atoms with Crippen LogP contribution in [0.5, 0.6) is 0 Å². The number of carbonyl (C=O) groups excluding carboxylic acids is 1. The average molecular weight is 464 g/mol. The van der Waals surface area contributed by atoms with Crippen LogP contribution in [-0.4, -0.2) is 57.2 Å². The molecule has 1 aliphatic heterocycles. The molecule has 8 nitrogen and oxygen atoms in total. The molecule has 178 valence electrons. The lowest BCUT2D eigenvalue weighted by atomic mass is 9.90. The third kappa shape index (κ3) is 5.51. The van der Waals surface area contributed by atoms with Crippen LogP contribution < -0.4 is 10.5 Å². The summed E-state index contributed by atoms with van der Waals surface area (Å²) in [7, 11) is 0. The minimum Gasteiger partial charge on any atom is -0.339 e. The van der Waals surface area contributed by atoms with Crippen LogP contribution in [0.25, 0.3) is 0 Å². The van der Waals surface area contributed by atoms with E-state index in [4.69, 9.17) is 0 Å². The van der Waals surface area contributed by atoms with Crippen molar-refractivity contribution in [2.75, 3.05) is 31.1 Å². The van der Waals surface area contributed by atoms with Crippen LogP contribution in [-0.2, 0) is 30.2 Å². The first-order chi connectivity index (χ1) is 15.8. The minimum absolute atomic E-state index is 0.0689. The number of hydrogen-bond donors (Lipinski definition) is 1. The van der Waals surface area contributed by atoms with Gasteiger partial charge in [0.05, 0.1) is 11.3 Å². The highest BCUT2D eigenvalue weighted by atomic mass is 19.4. The number of rotatable bonds is 6. The van der Waals surface area contributed by atoms with Crippen molar-refractivity contribution < 1.29 is 18.0 Å². The number of piperazine rings is 1. The number of nitrogens with zero attached hydrogens (tertiary/aromatic N) is 5. The predicted molar refractivity (Wildman–Crippen MR) is 115 cm³/mol. The number of aromatic amines is 1. The minimum atomic E-state index is -4.46. The maximum atomic E-state index is 12.7. The lowest BCUT2D eigenvalue weighted by molar-refractivity contribution is -0.138. The zero-order valence-electron chi connectivity index (χ0n) is 18.3. The first kappa shape index (κ1) is 23.2. The molecule has 33 heavy (non-hydrogen) atoms. The first-order valence-electron chi connectivity index (χ1n) is 11.3. The van der Waals surface area contributed by atoms with Gasteiger partial charge in [-0.1, -0.05) is 0 Å². The Balaban J connectivity index is 1.21. The van der Waals surface area contributed by atoms with Crippen LogP contribution >= 0.6 is 0 Å². The summed E-state index contributed by atoms with van der Waals surface area (Å²) < 4.78 is 38.0. The molecule has 4 rings (SSSR count). The summed E-state index contributed by atoms with van der Waals surface area (Å²) >= 11 is 0. The zero-order chi connectivity index (χ0) is 23.4. The van der Waals surface area contributed by atoms with Crippen molar-refractivity contribution in [3.63, 3.8) is 0 Å². The number of carbonyl (C=O) groups is 1. The normalized spacial score (nSPS) is 16.6. The Bertz CT molecular complexity index is 1030. The number of H-pyrrole nitrogens is 1. The second-order valence-electron chi connectivity index (χ2n) is 8.51. The zero-order valence-corrected chi connectivity index (χ0v) is 18.3. The molecule has 1 amide bonds. The van der Waals surface area contributed by atoms with Crippen LogP contribution in [0.4, 0.5) is 19.1 Å². The molecule has 3 heterocycles. The van der Waals surface area contributed by atoms with Crippen molar-refractivity contribution in [1.82, 2.24) is 25.1 Å². The van der Waals surface area contributed by atoms with E-state index < -0.39 is 11.7 Å². The topological polar surface area (TPSA) is 95.1 Å². The predicted octanol–water partition coefficient (Wildman–Crippen LogP) is 2.52. The van der Waals surface area contributed by atoms with Gasteiger partial charge in [-0.2, -0.15) is 18.3 Å². The summed E-state index contributed by atoms with van der Waals surface area (Å²) in [6.45, 7) is 1.92. The Labute approximate surface area is 189 Å². The SMILES string of the molecule is O=C(CCCCc1n[nH]c(=O)c2c1CCCC2)N1CCN(c2ncc(C(F)(F)F)cn2)CC1. The molecule has 2 aromatic heterocycles. The highest BCUT2D eigenvalue weighted by Gasteiger charge is 2.32. The molecular formula is C22H27F3N6O2. The molecule has 11 heteroatoms. The maximum absolute atomic E-state index is 12.7. The second kappa shape index (κ2) is 9.88. The largest absolute Gasteiger partial charge is 0.419 e. The quantitative estimate of drug-likeness (QED) is 0.661. The third-order valence-corrected chi connectivity index (χ3v) is 6.32. The number of aromatic nitrogens is 4. The number of hydrogen-bond acceptors (Lipinski definition) is 6. The molecule has 0 unspecified atom stereocenters. The Hall–Kier alpha value is -2.98. The van der Waals surface area contributed by atoms with Gasteiger partial charge < -0.3 is 9.80 Å². The molecule has 2 aliphatic rings. The summed E-state index contributed by atoms with van der Waals surface area (Å²) in [6, 6.07) is 0. The van der Waals surface area contributed by atoms with Crippen molar-refractivity contribution in [3.8, 4) is 0 Å². The van der Waals surface area contributed by atoms with E-state index in [0.717, 1.165) is 74.2 Å². The van der Waals surface area contributed by atoms with Gasteiger partial charge in [0.15, 0.2) is 0 Å². The van der Waals surface area contributed by atoms with Gasteiger partial charge in [0.1, 0.15) is 0 Å². The van der Waals surface area contributed by atoms with Gasteiger partial charge in [-0.05, 0) is 50.5 Å². The van der Waals surface area contributed by atoms with Gasteiger partial charge in [0, 0.05) is 50.6 Å². The highest BCUT2D eigenvalue weighted by molar-refractivity contribution is 5.76. The summed E-state index contributed by atoms with van der Waals surface area (Å²) in [5.41, 5.74) is 1.96. The molecule has 0 radical (unpaired) electrons. The molecule has 0 saturated carbocycles. The fourth-order valence-electron chi connectivity index (χ4n) is 4.45. The van der Waals surface area contributed by atoms with E-state index in [1.54, 1.807) is 9.80 Å². The first-order valence-corrected chi connectivity index (χ1v) is 11.3. The van der Waals surface area contributed by atoms with E-state index in [-0.39, 0.29) is 17.4 Å². The highest BCUT2D eigenvalue weighted by Crippen LogP contribution is 2.28. The van der Waals surface area contributed by atoms with Crippen LogP contribution in [0.1, 0.15) is 54.5 Å². The number of amides is 1.